The zero-order valence-corrected chi connectivity index (χ0v) is 17.8. The lowest BCUT2D eigenvalue weighted by Gasteiger charge is -2.24. The molecule has 0 aliphatic carbocycles. The van der Waals surface area contributed by atoms with Gasteiger partial charge in [0.2, 0.25) is 5.91 Å². The fraction of sp³-hybridized carbons (Fsp3) is 0.571. The minimum Gasteiger partial charge on any atom is -0.480 e. The van der Waals surface area contributed by atoms with Crippen molar-refractivity contribution in [3.05, 3.63) is 35.9 Å². The number of aliphatic carboxylic acids is 1. The predicted molar refractivity (Wildman–Crippen MR) is 107 cm³/mol. The van der Waals surface area contributed by atoms with Gasteiger partial charge >= 0.3 is 18.2 Å². The lowest BCUT2D eigenvalue weighted by Crippen LogP contribution is -2.53. The number of carbonyl (C=O) groups excluding carboxylic acids is 2. The topological polar surface area (TPSA) is 105 Å². The highest BCUT2D eigenvalue weighted by Gasteiger charge is 2.29. The minimum absolute atomic E-state index is 0.0282. The molecule has 3 N–H and O–H groups in total. The number of benzene rings is 1. The maximum absolute atomic E-state index is 12.7. The van der Waals surface area contributed by atoms with E-state index in [-0.39, 0.29) is 25.7 Å². The first-order valence-corrected chi connectivity index (χ1v) is 9.90. The summed E-state index contributed by atoms with van der Waals surface area (Å²) >= 11 is 0. The van der Waals surface area contributed by atoms with Gasteiger partial charge in [-0.15, -0.1) is 0 Å². The molecule has 0 aromatic heterocycles. The lowest BCUT2D eigenvalue weighted by molar-refractivity contribution is -0.142. The fourth-order valence-electron chi connectivity index (χ4n) is 2.71. The van der Waals surface area contributed by atoms with Crippen molar-refractivity contribution < 1.29 is 37.4 Å². The van der Waals surface area contributed by atoms with Crippen molar-refractivity contribution in [1.29, 1.82) is 0 Å². The Balaban J connectivity index is 2.82. The van der Waals surface area contributed by atoms with Gasteiger partial charge < -0.3 is 20.5 Å². The molecule has 0 saturated carbocycles. The molecule has 2 amide bonds. The van der Waals surface area contributed by atoms with Crippen LogP contribution in [0.1, 0.15) is 52.0 Å². The molecule has 0 aliphatic heterocycles. The van der Waals surface area contributed by atoms with E-state index in [4.69, 9.17) is 4.74 Å². The van der Waals surface area contributed by atoms with Crippen molar-refractivity contribution in [1.82, 2.24) is 10.6 Å². The summed E-state index contributed by atoms with van der Waals surface area (Å²) in [5.74, 6) is -2.13. The van der Waals surface area contributed by atoms with E-state index in [1.54, 1.807) is 51.1 Å². The first kappa shape index (κ1) is 26.3. The number of halogens is 3. The van der Waals surface area contributed by atoms with Crippen LogP contribution in [0.4, 0.5) is 18.0 Å². The number of alkyl halides is 3. The number of carboxylic acid groups (broad SMARTS) is 1. The highest BCUT2D eigenvalue weighted by molar-refractivity contribution is 5.89. The summed E-state index contributed by atoms with van der Waals surface area (Å²) in [6, 6.07) is 6.25. The molecular formula is C21H29F3N2O5. The van der Waals surface area contributed by atoms with Crippen LogP contribution in [-0.4, -0.2) is 46.9 Å². The average molecular weight is 446 g/mol. The van der Waals surface area contributed by atoms with Gasteiger partial charge in [0.1, 0.15) is 17.7 Å². The Morgan fingerprint density at radius 1 is 1.00 bits per heavy atom. The molecule has 1 rings (SSSR count). The number of amides is 2. The summed E-state index contributed by atoms with van der Waals surface area (Å²) < 4.78 is 42.0. The minimum atomic E-state index is -4.32. The Bertz CT molecular complexity index is 733. The Hall–Kier alpha value is -2.78. The monoisotopic (exact) mass is 446 g/mol. The largest absolute Gasteiger partial charge is 0.480 e. The molecule has 10 heteroatoms. The number of hydrogen-bond donors (Lipinski definition) is 3. The van der Waals surface area contributed by atoms with Gasteiger partial charge in [0.05, 0.1) is 0 Å². The number of rotatable bonds is 10. The number of carboxylic acids is 1. The smallest absolute Gasteiger partial charge is 0.408 e. The van der Waals surface area contributed by atoms with Crippen molar-refractivity contribution in [3.63, 3.8) is 0 Å². The maximum atomic E-state index is 12.7. The van der Waals surface area contributed by atoms with E-state index < -0.39 is 48.3 Å². The second kappa shape index (κ2) is 11.6. The molecule has 31 heavy (non-hydrogen) atoms. The van der Waals surface area contributed by atoms with Crippen molar-refractivity contribution in [2.75, 3.05) is 0 Å². The van der Waals surface area contributed by atoms with E-state index >= 15 is 0 Å². The molecule has 174 valence electrons. The van der Waals surface area contributed by atoms with Crippen LogP contribution >= 0.6 is 0 Å². The summed E-state index contributed by atoms with van der Waals surface area (Å²) in [5, 5.41) is 14.1. The summed E-state index contributed by atoms with van der Waals surface area (Å²) in [6.45, 7) is 4.96. The van der Waals surface area contributed by atoms with E-state index in [0.29, 0.717) is 0 Å². The number of hydrogen-bond acceptors (Lipinski definition) is 4. The fourth-order valence-corrected chi connectivity index (χ4v) is 2.71. The normalized spacial score (nSPS) is 13.7. The van der Waals surface area contributed by atoms with E-state index in [9.17, 15) is 32.7 Å². The molecule has 0 heterocycles. The predicted octanol–water partition coefficient (Wildman–Crippen LogP) is 3.81. The molecule has 2 atom stereocenters. The van der Waals surface area contributed by atoms with Gasteiger partial charge in [-0.25, -0.2) is 9.59 Å². The summed E-state index contributed by atoms with van der Waals surface area (Å²) in [7, 11) is 0. The van der Waals surface area contributed by atoms with Crippen molar-refractivity contribution in [2.45, 2.75) is 76.7 Å². The third kappa shape index (κ3) is 11.9. The first-order chi connectivity index (χ1) is 14.3. The molecule has 1 aromatic rings. The van der Waals surface area contributed by atoms with Crippen LogP contribution in [0.2, 0.25) is 0 Å². The number of nitrogens with one attached hydrogen (secondary N) is 2. The van der Waals surface area contributed by atoms with E-state index in [1.807, 2.05) is 0 Å². The molecule has 0 saturated heterocycles. The number of unbranched alkanes of at least 4 members (excludes halogenated alkanes) is 1. The Labute approximate surface area is 179 Å². The molecule has 1 aromatic carbocycles. The van der Waals surface area contributed by atoms with Gasteiger partial charge in [-0.05, 0) is 39.2 Å². The first-order valence-electron chi connectivity index (χ1n) is 9.90. The molecule has 0 bridgehead atoms. The Kier molecular flexibility index (Phi) is 9.80. The van der Waals surface area contributed by atoms with Crippen molar-refractivity contribution in [3.8, 4) is 0 Å². The summed E-state index contributed by atoms with van der Waals surface area (Å²) in [4.78, 5) is 36.4. The van der Waals surface area contributed by atoms with E-state index in [1.165, 1.54) is 0 Å². The van der Waals surface area contributed by atoms with Crippen LogP contribution in [0.5, 0.6) is 0 Å². The highest BCUT2D eigenvalue weighted by Crippen LogP contribution is 2.23. The van der Waals surface area contributed by atoms with Gasteiger partial charge in [0.15, 0.2) is 0 Å². The van der Waals surface area contributed by atoms with Crippen LogP contribution in [0.3, 0.4) is 0 Å². The number of carbonyl (C=O) groups is 3. The average Bonchev–Trinajstić information content (AvgIpc) is 2.61. The summed E-state index contributed by atoms with van der Waals surface area (Å²) in [6.07, 6.45) is -6.55. The van der Waals surface area contributed by atoms with Gasteiger partial charge in [-0.2, -0.15) is 13.2 Å². The summed E-state index contributed by atoms with van der Waals surface area (Å²) in [5.41, 5.74) is -0.0873. The second-order valence-corrected chi connectivity index (χ2v) is 8.15. The molecule has 0 unspecified atom stereocenters. The maximum Gasteiger partial charge on any atom is 0.408 e. The van der Waals surface area contributed by atoms with Crippen LogP contribution in [-0.2, 0) is 20.7 Å². The molecular weight excluding hydrogens is 417 g/mol. The molecule has 0 radical (unpaired) electrons. The van der Waals surface area contributed by atoms with Gasteiger partial charge in [0, 0.05) is 12.8 Å². The van der Waals surface area contributed by atoms with Crippen molar-refractivity contribution in [2.24, 2.45) is 0 Å². The van der Waals surface area contributed by atoms with Crippen LogP contribution in [0.15, 0.2) is 30.3 Å². The quantitative estimate of drug-likeness (QED) is 0.474. The third-order valence-electron chi connectivity index (χ3n) is 4.11. The van der Waals surface area contributed by atoms with Crippen LogP contribution in [0, 0.1) is 0 Å². The SMILES string of the molecule is CC(C)(C)OC(=O)N[C@H](Cc1ccccc1)C(=O)N[C@H](CCCCC(F)(F)F)C(=O)O. The highest BCUT2D eigenvalue weighted by atomic mass is 19.4. The standard InChI is InChI=1S/C21H29F3N2O5/c1-20(2,3)31-19(30)26-16(13-14-9-5-4-6-10-14)17(27)25-15(18(28)29)11-7-8-12-21(22,23)24/h4-6,9-10,15-16H,7-8,11-13H2,1-3H3,(H,25,27)(H,26,30)(H,28,29)/t15-,16-/m1/s1. The number of ether oxygens (including phenoxy) is 1. The Morgan fingerprint density at radius 3 is 2.13 bits per heavy atom. The van der Waals surface area contributed by atoms with E-state index in [0.717, 1.165) is 5.56 Å². The molecule has 0 fully saturated rings. The lowest BCUT2D eigenvalue weighted by atomic mass is 10.0. The van der Waals surface area contributed by atoms with Crippen LogP contribution < -0.4 is 10.6 Å². The Morgan fingerprint density at radius 2 is 1.61 bits per heavy atom. The molecule has 0 spiro atoms. The van der Waals surface area contributed by atoms with Gasteiger partial charge in [0.25, 0.3) is 0 Å². The van der Waals surface area contributed by atoms with Crippen LogP contribution in [0.25, 0.3) is 0 Å². The third-order valence-corrected chi connectivity index (χ3v) is 4.11. The van der Waals surface area contributed by atoms with E-state index in [2.05, 4.69) is 10.6 Å². The van der Waals surface area contributed by atoms with Gasteiger partial charge in [-0.1, -0.05) is 36.8 Å². The number of alkyl carbamates (subject to hydrolysis) is 1. The zero-order valence-electron chi connectivity index (χ0n) is 17.8. The molecule has 0 aliphatic rings. The zero-order chi connectivity index (χ0) is 23.7. The second-order valence-electron chi connectivity index (χ2n) is 8.15. The van der Waals surface area contributed by atoms with Gasteiger partial charge in [-0.3, -0.25) is 4.79 Å². The van der Waals surface area contributed by atoms with Crippen molar-refractivity contribution >= 4 is 18.0 Å². The molecule has 7 nitrogen and oxygen atoms in total.